The summed E-state index contributed by atoms with van der Waals surface area (Å²) in [6, 6.07) is 66.8. The van der Waals surface area contributed by atoms with Crippen LogP contribution in [0.4, 0.5) is 0 Å². The number of rotatable bonds is 3. The van der Waals surface area contributed by atoms with Gasteiger partial charge in [0.15, 0.2) is 0 Å². The Balaban J connectivity index is 0.970. The maximum absolute atomic E-state index is 6.68. The van der Waals surface area contributed by atoms with Crippen LogP contribution in [0.3, 0.4) is 0 Å². The molecular weight excluding hydrogens is 673 g/mol. The smallest absolute Gasteiger partial charge is 0.144 e. The van der Waals surface area contributed by atoms with E-state index in [4.69, 9.17) is 4.42 Å². The zero-order valence-electron chi connectivity index (χ0n) is 29.1. The van der Waals surface area contributed by atoms with Crippen LogP contribution in [-0.4, -0.2) is 0 Å². The Morgan fingerprint density at radius 2 is 0.852 bits per heavy atom. The van der Waals surface area contributed by atoms with Gasteiger partial charge < -0.3 is 4.42 Å². The summed E-state index contributed by atoms with van der Waals surface area (Å²) >= 11 is 1.83. The van der Waals surface area contributed by atoms with Crippen LogP contribution < -0.4 is 0 Å². The zero-order chi connectivity index (χ0) is 35.3. The summed E-state index contributed by atoms with van der Waals surface area (Å²) < 4.78 is 9.24. The molecule has 0 atom stereocenters. The van der Waals surface area contributed by atoms with E-state index in [9.17, 15) is 0 Å². The Morgan fingerprint density at radius 1 is 0.315 bits per heavy atom. The third-order valence-electron chi connectivity index (χ3n) is 11.4. The SMILES string of the molecule is c1ccc(-c2c3ccccc3c(-c3ccc4cc(-c5ccc6cc7c(cc6c5)oc5c7ccc6sc7ccccc7c65)ccc4c3)c3ccccc23)cc1. The minimum atomic E-state index is 0.931. The lowest BCUT2D eigenvalue weighted by Gasteiger charge is -2.18. The van der Waals surface area contributed by atoms with Crippen molar-refractivity contribution < 1.29 is 4.42 Å². The Hall–Kier alpha value is -6.74. The van der Waals surface area contributed by atoms with Crippen molar-refractivity contribution in [2.45, 2.75) is 0 Å². The Labute approximate surface area is 314 Å². The number of hydrogen-bond acceptors (Lipinski definition) is 2. The minimum Gasteiger partial charge on any atom is -0.455 e. The fourth-order valence-corrected chi connectivity index (χ4v) is 10.0. The van der Waals surface area contributed by atoms with Crippen molar-refractivity contribution >= 4 is 96.5 Å². The average Bonchev–Trinajstić information content (AvgIpc) is 3.79. The standard InChI is InChI=1S/C52H30OS/c1-2-10-31(11-3-1)49-39-12-4-6-14-41(39)50(42-15-7-5-13-40(42)49)37-23-22-33-26-32(18-19-34(33)27-37)35-20-21-36-29-45-43-24-25-48-51(44-16-8-9-17-47(44)54-48)52(43)53-46(45)30-38(36)28-35/h1-30H. The van der Waals surface area contributed by atoms with Gasteiger partial charge in [0.1, 0.15) is 11.2 Å². The van der Waals surface area contributed by atoms with Crippen LogP contribution >= 0.6 is 11.3 Å². The maximum Gasteiger partial charge on any atom is 0.144 e. The van der Waals surface area contributed by atoms with E-state index < -0.39 is 0 Å². The second kappa shape index (κ2) is 11.4. The molecule has 0 unspecified atom stereocenters. The summed E-state index contributed by atoms with van der Waals surface area (Å²) in [6.45, 7) is 0. The molecule has 250 valence electrons. The van der Waals surface area contributed by atoms with Gasteiger partial charge in [-0.3, -0.25) is 0 Å². The molecule has 0 bridgehead atoms. The molecule has 0 radical (unpaired) electrons. The third-order valence-corrected chi connectivity index (χ3v) is 12.5. The molecular formula is C52H30OS. The van der Waals surface area contributed by atoms with Crippen molar-refractivity contribution in [1.82, 2.24) is 0 Å². The highest BCUT2D eigenvalue weighted by Gasteiger charge is 2.18. The van der Waals surface area contributed by atoms with Gasteiger partial charge in [0.2, 0.25) is 0 Å². The van der Waals surface area contributed by atoms with Crippen LogP contribution in [0, 0.1) is 0 Å². The van der Waals surface area contributed by atoms with Gasteiger partial charge in [-0.2, -0.15) is 0 Å². The van der Waals surface area contributed by atoms with E-state index in [2.05, 4.69) is 182 Å². The van der Waals surface area contributed by atoms with E-state index >= 15 is 0 Å². The van der Waals surface area contributed by atoms with Gasteiger partial charge in [0.25, 0.3) is 0 Å². The first kappa shape index (κ1) is 29.8. The number of hydrogen-bond donors (Lipinski definition) is 0. The molecule has 0 spiro atoms. The molecule has 2 aromatic heterocycles. The van der Waals surface area contributed by atoms with Gasteiger partial charge in [0, 0.05) is 30.9 Å². The van der Waals surface area contributed by atoms with Crippen molar-refractivity contribution in [3.63, 3.8) is 0 Å². The molecule has 0 saturated carbocycles. The molecule has 0 fully saturated rings. The van der Waals surface area contributed by atoms with Gasteiger partial charge in [-0.15, -0.1) is 11.3 Å². The van der Waals surface area contributed by atoms with Gasteiger partial charge in [-0.05, 0) is 125 Å². The first-order chi connectivity index (χ1) is 26.7. The molecule has 0 amide bonds. The summed E-state index contributed by atoms with van der Waals surface area (Å²) in [5, 5.41) is 14.8. The highest BCUT2D eigenvalue weighted by molar-refractivity contribution is 7.26. The Bertz CT molecular complexity index is 3440. The molecule has 0 aliphatic heterocycles. The molecule has 0 aliphatic rings. The Morgan fingerprint density at radius 3 is 1.54 bits per heavy atom. The Kier molecular flexibility index (Phi) is 6.28. The van der Waals surface area contributed by atoms with Gasteiger partial charge in [0.05, 0.1) is 0 Å². The summed E-state index contributed by atoms with van der Waals surface area (Å²) in [4.78, 5) is 0. The quantitative estimate of drug-likeness (QED) is 0.167. The van der Waals surface area contributed by atoms with Crippen LogP contribution in [0.2, 0.25) is 0 Å². The normalized spacial score (nSPS) is 12.1. The lowest BCUT2D eigenvalue weighted by molar-refractivity contribution is 0.673. The monoisotopic (exact) mass is 702 g/mol. The molecule has 12 aromatic rings. The fourth-order valence-electron chi connectivity index (χ4n) is 8.90. The molecule has 10 aromatic carbocycles. The predicted octanol–water partition coefficient (Wildman–Crippen LogP) is 15.6. The van der Waals surface area contributed by atoms with E-state index in [1.165, 1.54) is 107 Å². The first-order valence-electron chi connectivity index (χ1n) is 18.5. The summed E-state index contributed by atoms with van der Waals surface area (Å²) in [5.74, 6) is 0. The molecule has 2 heteroatoms. The topological polar surface area (TPSA) is 13.1 Å². The van der Waals surface area contributed by atoms with Crippen molar-refractivity contribution in [2.24, 2.45) is 0 Å². The van der Waals surface area contributed by atoms with Gasteiger partial charge in [-0.25, -0.2) is 0 Å². The predicted molar refractivity (Wildman–Crippen MR) is 233 cm³/mol. The van der Waals surface area contributed by atoms with E-state index in [1.54, 1.807) is 0 Å². The molecule has 0 N–H and O–H groups in total. The van der Waals surface area contributed by atoms with Crippen LogP contribution in [0.1, 0.15) is 0 Å². The summed E-state index contributed by atoms with van der Waals surface area (Å²) in [5.41, 5.74) is 9.37. The molecule has 0 aliphatic carbocycles. The zero-order valence-corrected chi connectivity index (χ0v) is 30.0. The molecule has 0 saturated heterocycles. The van der Waals surface area contributed by atoms with E-state index in [0.717, 1.165) is 11.2 Å². The maximum atomic E-state index is 6.68. The molecule has 54 heavy (non-hydrogen) atoms. The average molecular weight is 703 g/mol. The highest BCUT2D eigenvalue weighted by Crippen LogP contribution is 2.45. The first-order valence-corrected chi connectivity index (χ1v) is 19.3. The van der Waals surface area contributed by atoms with E-state index in [0.29, 0.717) is 0 Å². The van der Waals surface area contributed by atoms with E-state index in [1.807, 2.05) is 11.3 Å². The minimum absolute atomic E-state index is 0.931. The van der Waals surface area contributed by atoms with Crippen LogP contribution in [-0.2, 0) is 0 Å². The largest absolute Gasteiger partial charge is 0.455 e. The van der Waals surface area contributed by atoms with Gasteiger partial charge >= 0.3 is 0 Å². The summed E-state index contributed by atoms with van der Waals surface area (Å²) in [7, 11) is 0. The van der Waals surface area contributed by atoms with E-state index in [-0.39, 0.29) is 0 Å². The van der Waals surface area contributed by atoms with Crippen molar-refractivity contribution in [3.05, 3.63) is 182 Å². The number of benzene rings is 10. The lowest BCUT2D eigenvalue weighted by Crippen LogP contribution is -1.90. The van der Waals surface area contributed by atoms with Crippen molar-refractivity contribution in [2.75, 3.05) is 0 Å². The van der Waals surface area contributed by atoms with Crippen LogP contribution in [0.25, 0.3) is 119 Å². The number of thiophene rings is 1. The van der Waals surface area contributed by atoms with Crippen LogP contribution in [0.5, 0.6) is 0 Å². The van der Waals surface area contributed by atoms with Crippen molar-refractivity contribution in [1.29, 1.82) is 0 Å². The summed E-state index contributed by atoms with van der Waals surface area (Å²) in [6.07, 6.45) is 0. The lowest BCUT2D eigenvalue weighted by atomic mass is 9.85. The number of fused-ring (bicyclic) bond motifs is 11. The molecule has 1 nitrogen and oxygen atoms in total. The highest BCUT2D eigenvalue weighted by atomic mass is 32.1. The molecule has 2 heterocycles. The van der Waals surface area contributed by atoms with Gasteiger partial charge in [-0.1, -0.05) is 133 Å². The number of furan rings is 1. The fraction of sp³-hybridized carbons (Fsp3) is 0. The third kappa shape index (κ3) is 4.38. The second-order valence-electron chi connectivity index (χ2n) is 14.4. The second-order valence-corrected chi connectivity index (χ2v) is 15.5. The molecule has 12 rings (SSSR count). The van der Waals surface area contributed by atoms with Crippen molar-refractivity contribution in [3.8, 4) is 33.4 Å². The van der Waals surface area contributed by atoms with Crippen LogP contribution in [0.15, 0.2) is 186 Å².